The van der Waals surface area contributed by atoms with Gasteiger partial charge in [-0.15, -0.1) is 0 Å². The molecule has 6 nitrogen and oxygen atoms in total. The highest BCUT2D eigenvalue weighted by atomic mass is 16.5. The molecule has 1 atom stereocenters. The van der Waals surface area contributed by atoms with Crippen molar-refractivity contribution >= 4 is 17.6 Å². The van der Waals surface area contributed by atoms with Gasteiger partial charge in [-0.1, -0.05) is 30.3 Å². The van der Waals surface area contributed by atoms with Crippen LogP contribution in [0.5, 0.6) is 5.75 Å². The van der Waals surface area contributed by atoms with Crippen LogP contribution in [0.4, 0.5) is 5.69 Å². The molecule has 0 radical (unpaired) electrons. The highest BCUT2D eigenvalue weighted by Gasteiger charge is 2.26. The van der Waals surface area contributed by atoms with E-state index in [-0.39, 0.29) is 5.69 Å². The predicted octanol–water partition coefficient (Wildman–Crippen LogP) is 3.56. The Kier molecular flexibility index (Phi) is 5.34. The Labute approximate surface area is 150 Å². The van der Waals surface area contributed by atoms with Gasteiger partial charge in [-0.2, -0.15) is 0 Å². The summed E-state index contributed by atoms with van der Waals surface area (Å²) in [6.07, 6.45) is 0.542. The van der Waals surface area contributed by atoms with Crippen molar-refractivity contribution in [3.05, 3.63) is 84.2 Å². The first-order valence-corrected chi connectivity index (χ1v) is 8.01. The molecule has 0 bridgehead atoms. The van der Waals surface area contributed by atoms with Crippen LogP contribution in [0.2, 0.25) is 0 Å². The normalized spacial score (nSPS) is 11.4. The van der Waals surface area contributed by atoms with Crippen LogP contribution in [0.1, 0.15) is 22.2 Å². The number of methoxy groups -OCH3 is 1. The first kappa shape index (κ1) is 17.3. The minimum absolute atomic E-state index is 0.281. The highest BCUT2D eigenvalue weighted by Crippen LogP contribution is 2.22. The molecule has 0 saturated carbocycles. The molecule has 6 heteroatoms. The van der Waals surface area contributed by atoms with Gasteiger partial charge in [-0.05, 0) is 36.4 Å². The lowest BCUT2D eigenvalue weighted by Gasteiger charge is -2.18. The molecule has 3 aromatic rings. The molecule has 1 aromatic heterocycles. The van der Waals surface area contributed by atoms with Crippen LogP contribution < -0.4 is 10.1 Å². The van der Waals surface area contributed by atoms with Crippen LogP contribution in [0.25, 0.3) is 0 Å². The zero-order valence-electron chi connectivity index (χ0n) is 14.1. The number of nitrogens with one attached hydrogen (secondary N) is 2. The third-order valence-corrected chi connectivity index (χ3v) is 3.74. The van der Waals surface area contributed by atoms with Crippen molar-refractivity contribution in [2.45, 2.75) is 6.10 Å². The lowest BCUT2D eigenvalue weighted by Crippen LogP contribution is -2.26. The standard InChI is InChI=1S/C20H18N2O4/c1-25-16-11-9-15(10-12-16)22-19(23)18(14-6-3-2-4-7-14)26-20(24)17-8-5-13-21-17/h2-13,18,21H,1H3,(H,22,23)/t18-/m0/s1. The number of anilines is 1. The molecular formula is C20H18N2O4. The van der Waals surface area contributed by atoms with Crippen LogP contribution in [-0.2, 0) is 9.53 Å². The SMILES string of the molecule is COc1ccc(NC(=O)[C@@H](OC(=O)c2ccc[nH]2)c2ccccc2)cc1. The summed E-state index contributed by atoms with van der Waals surface area (Å²) in [5.74, 6) is -0.365. The molecule has 3 rings (SSSR count). The van der Waals surface area contributed by atoms with Crippen molar-refractivity contribution < 1.29 is 19.1 Å². The number of carbonyl (C=O) groups excluding carboxylic acids is 2. The Balaban J connectivity index is 1.80. The maximum atomic E-state index is 12.7. The summed E-state index contributed by atoms with van der Waals surface area (Å²) in [7, 11) is 1.57. The van der Waals surface area contributed by atoms with Crippen molar-refractivity contribution in [1.82, 2.24) is 4.98 Å². The van der Waals surface area contributed by atoms with Gasteiger partial charge in [-0.25, -0.2) is 4.79 Å². The Morgan fingerprint density at radius 2 is 1.69 bits per heavy atom. The van der Waals surface area contributed by atoms with Crippen LogP contribution in [0.15, 0.2) is 72.9 Å². The lowest BCUT2D eigenvalue weighted by molar-refractivity contribution is -0.125. The third kappa shape index (κ3) is 4.10. The molecule has 0 aliphatic rings. The van der Waals surface area contributed by atoms with E-state index in [1.807, 2.05) is 6.07 Å². The second kappa shape index (κ2) is 8.02. The fraction of sp³-hybridized carbons (Fsp3) is 0.100. The first-order valence-electron chi connectivity index (χ1n) is 8.01. The largest absolute Gasteiger partial charge is 0.497 e. The summed E-state index contributed by atoms with van der Waals surface area (Å²) in [5.41, 5.74) is 1.44. The van der Waals surface area contributed by atoms with Gasteiger partial charge in [0.05, 0.1) is 7.11 Å². The molecule has 2 N–H and O–H groups in total. The van der Waals surface area contributed by atoms with E-state index in [0.29, 0.717) is 17.0 Å². The number of aromatic nitrogens is 1. The van der Waals surface area contributed by atoms with Crippen molar-refractivity contribution in [2.24, 2.45) is 0 Å². The molecule has 0 aliphatic carbocycles. The maximum absolute atomic E-state index is 12.7. The highest BCUT2D eigenvalue weighted by molar-refractivity contribution is 5.97. The van der Waals surface area contributed by atoms with Crippen molar-refractivity contribution in [2.75, 3.05) is 12.4 Å². The van der Waals surface area contributed by atoms with E-state index in [9.17, 15) is 9.59 Å². The van der Waals surface area contributed by atoms with E-state index < -0.39 is 18.0 Å². The summed E-state index contributed by atoms with van der Waals surface area (Å²) in [6, 6.07) is 19.0. The molecule has 0 fully saturated rings. The van der Waals surface area contributed by atoms with E-state index >= 15 is 0 Å². The Morgan fingerprint density at radius 1 is 0.962 bits per heavy atom. The Morgan fingerprint density at radius 3 is 2.31 bits per heavy atom. The van der Waals surface area contributed by atoms with Crippen molar-refractivity contribution in [3.8, 4) is 5.75 Å². The summed E-state index contributed by atoms with van der Waals surface area (Å²) in [4.78, 5) is 27.8. The molecule has 0 saturated heterocycles. The molecule has 1 heterocycles. The number of hydrogen-bond acceptors (Lipinski definition) is 4. The molecule has 0 aliphatic heterocycles. The van der Waals surface area contributed by atoms with E-state index in [1.165, 1.54) is 0 Å². The topological polar surface area (TPSA) is 80.4 Å². The zero-order chi connectivity index (χ0) is 18.4. The number of H-pyrrole nitrogens is 1. The van der Waals surface area contributed by atoms with E-state index in [1.54, 1.807) is 74.0 Å². The summed E-state index contributed by atoms with van der Waals surface area (Å²) >= 11 is 0. The Bertz CT molecular complexity index is 859. The number of hydrogen-bond donors (Lipinski definition) is 2. The number of carbonyl (C=O) groups is 2. The van der Waals surface area contributed by atoms with Gasteiger partial charge in [0.25, 0.3) is 5.91 Å². The third-order valence-electron chi connectivity index (χ3n) is 3.74. The minimum Gasteiger partial charge on any atom is -0.497 e. The fourth-order valence-corrected chi connectivity index (χ4v) is 2.41. The first-order chi connectivity index (χ1) is 12.7. The van der Waals surface area contributed by atoms with Gasteiger partial charge < -0.3 is 19.8 Å². The molecule has 1 amide bonds. The average Bonchev–Trinajstić information content (AvgIpc) is 3.22. The maximum Gasteiger partial charge on any atom is 0.355 e. The molecule has 26 heavy (non-hydrogen) atoms. The number of benzene rings is 2. The molecule has 0 spiro atoms. The van der Waals surface area contributed by atoms with Gasteiger partial charge in [0, 0.05) is 17.4 Å². The molecule has 2 aromatic carbocycles. The van der Waals surface area contributed by atoms with Gasteiger partial charge in [0.15, 0.2) is 0 Å². The van der Waals surface area contributed by atoms with Crippen LogP contribution in [-0.4, -0.2) is 24.0 Å². The number of rotatable bonds is 6. The number of ether oxygens (including phenoxy) is 2. The smallest absolute Gasteiger partial charge is 0.355 e. The Hall–Kier alpha value is -3.54. The van der Waals surface area contributed by atoms with Gasteiger partial charge in [0.1, 0.15) is 11.4 Å². The van der Waals surface area contributed by atoms with Crippen LogP contribution in [0, 0.1) is 0 Å². The predicted molar refractivity (Wildman–Crippen MR) is 97.0 cm³/mol. The summed E-state index contributed by atoms with van der Waals surface area (Å²) < 4.78 is 10.6. The molecule has 132 valence electrons. The second-order valence-corrected chi connectivity index (χ2v) is 5.50. The van der Waals surface area contributed by atoms with Gasteiger partial charge >= 0.3 is 5.97 Å². The van der Waals surface area contributed by atoms with E-state index in [2.05, 4.69) is 10.3 Å². The zero-order valence-corrected chi connectivity index (χ0v) is 14.1. The summed E-state index contributed by atoms with van der Waals surface area (Å²) in [5, 5.41) is 2.76. The van der Waals surface area contributed by atoms with Crippen LogP contribution >= 0.6 is 0 Å². The quantitative estimate of drug-likeness (QED) is 0.666. The average molecular weight is 350 g/mol. The lowest BCUT2D eigenvalue weighted by atomic mass is 10.1. The van der Waals surface area contributed by atoms with Crippen molar-refractivity contribution in [1.29, 1.82) is 0 Å². The summed E-state index contributed by atoms with van der Waals surface area (Å²) in [6.45, 7) is 0. The monoisotopic (exact) mass is 350 g/mol. The number of esters is 1. The molecule has 0 unspecified atom stereocenters. The van der Waals surface area contributed by atoms with E-state index in [4.69, 9.17) is 9.47 Å². The number of aromatic amines is 1. The van der Waals surface area contributed by atoms with Crippen LogP contribution in [0.3, 0.4) is 0 Å². The minimum atomic E-state index is -1.07. The van der Waals surface area contributed by atoms with Gasteiger partial charge in [0.2, 0.25) is 6.10 Å². The second-order valence-electron chi connectivity index (χ2n) is 5.50. The number of amides is 1. The van der Waals surface area contributed by atoms with Gasteiger partial charge in [-0.3, -0.25) is 4.79 Å². The van der Waals surface area contributed by atoms with E-state index in [0.717, 1.165) is 0 Å². The van der Waals surface area contributed by atoms with Crippen molar-refractivity contribution in [3.63, 3.8) is 0 Å². The fourth-order valence-electron chi connectivity index (χ4n) is 2.41. The molecular weight excluding hydrogens is 332 g/mol.